The van der Waals surface area contributed by atoms with Gasteiger partial charge in [-0.05, 0) is 55.5 Å². The van der Waals surface area contributed by atoms with Crippen molar-refractivity contribution in [1.29, 1.82) is 0 Å². The summed E-state index contributed by atoms with van der Waals surface area (Å²) in [7, 11) is -4.15. The Hall–Kier alpha value is -3.72. The van der Waals surface area contributed by atoms with Gasteiger partial charge in [0.1, 0.15) is 18.1 Å². The molecule has 0 aliphatic rings. The molecule has 0 saturated heterocycles. The minimum atomic E-state index is -4.15. The number of aryl methyl sites for hydroxylation is 1. The van der Waals surface area contributed by atoms with Gasteiger partial charge in [-0.3, -0.25) is 9.10 Å². The first-order chi connectivity index (χ1) is 14.8. The summed E-state index contributed by atoms with van der Waals surface area (Å²) in [4.78, 5) is 12.3. The van der Waals surface area contributed by atoms with Crippen molar-refractivity contribution in [3.63, 3.8) is 0 Å². The number of phenols is 1. The number of anilines is 1. The summed E-state index contributed by atoms with van der Waals surface area (Å²) in [6.07, 6.45) is 1.25. The number of halogens is 1. The molecule has 0 spiro atoms. The molecule has 0 heterocycles. The van der Waals surface area contributed by atoms with Crippen LogP contribution in [0.25, 0.3) is 0 Å². The number of rotatable bonds is 7. The number of hydrogen-bond acceptors (Lipinski definition) is 5. The lowest BCUT2D eigenvalue weighted by atomic mass is 10.2. The monoisotopic (exact) mass is 441 g/mol. The third-order valence-electron chi connectivity index (χ3n) is 4.34. The van der Waals surface area contributed by atoms with Crippen molar-refractivity contribution in [2.75, 3.05) is 10.8 Å². The average molecular weight is 441 g/mol. The van der Waals surface area contributed by atoms with Crippen molar-refractivity contribution >= 4 is 27.8 Å². The molecule has 0 aliphatic heterocycles. The lowest BCUT2D eigenvalue weighted by Gasteiger charge is -2.23. The molecule has 160 valence electrons. The van der Waals surface area contributed by atoms with E-state index >= 15 is 0 Å². The number of amides is 1. The minimum absolute atomic E-state index is 0.0133. The second-order valence-corrected chi connectivity index (χ2v) is 8.52. The van der Waals surface area contributed by atoms with Gasteiger partial charge >= 0.3 is 0 Å². The van der Waals surface area contributed by atoms with Crippen LogP contribution in [0.4, 0.5) is 10.1 Å². The second kappa shape index (κ2) is 9.40. The summed E-state index contributed by atoms with van der Waals surface area (Å²) in [6.45, 7) is 1.30. The number of carbonyl (C=O) groups excluding carboxylic acids is 1. The maximum absolute atomic E-state index is 13.3. The van der Waals surface area contributed by atoms with Gasteiger partial charge in [0.2, 0.25) is 0 Å². The molecule has 3 rings (SSSR count). The van der Waals surface area contributed by atoms with E-state index in [1.165, 1.54) is 12.3 Å². The van der Waals surface area contributed by atoms with Crippen molar-refractivity contribution in [2.45, 2.75) is 11.8 Å². The number of sulfonamides is 1. The molecule has 7 nitrogen and oxygen atoms in total. The summed E-state index contributed by atoms with van der Waals surface area (Å²) in [5, 5.41) is 13.5. The standard InChI is InChI=1S/C22H20FN3O4S/c1-16-6-10-19(11-7-16)26(31(29,30)20-12-8-18(23)9-13-20)15-22(28)25-24-14-17-4-2-3-5-21(17)27/h2-14,27H,15H2,1H3,(H,25,28)/b24-14-. The average Bonchev–Trinajstić information content (AvgIpc) is 2.74. The fourth-order valence-corrected chi connectivity index (χ4v) is 4.12. The number of aromatic hydroxyl groups is 1. The molecular weight excluding hydrogens is 421 g/mol. The summed E-state index contributed by atoms with van der Waals surface area (Å²) in [5.74, 6) is -1.28. The van der Waals surface area contributed by atoms with Crippen molar-refractivity contribution < 1.29 is 22.7 Å². The van der Waals surface area contributed by atoms with E-state index in [2.05, 4.69) is 10.5 Å². The first kappa shape index (κ1) is 22.0. The van der Waals surface area contributed by atoms with E-state index in [1.54, 1.807) is 42.5 Å². The fourth-order valence-electron chi connectivity index (χ4n) is 2.70. The molecular formula is C22H20FN3O4S. The van der Waals surface area contributed by atoms with Gasteiger partial charge in [-0.15, -0.1) is 0 Å². The number of benzene rings is 3. The van der Waals surface area contributed by atoms with Gasteiger partial charge < -0.3 is 5.11 Å². The third kappa shape index (κ3) is 5.46. The Morgan fingerprint density at radius 1 is 1.06 bits per heavy atom. The summed E-state index contributed by atoms with van der Waals surface area (Å²) < 4.78 is 40.5. The Morgan fingerprint density at radius 2 is 1.71 bits per heavy atom. The van der Waals surface area contributed by atoms with E-state index < -0.39 is 28.3 Å². The molecule has 9 heteroatoms. The van der Waals surface area contributed by atoms with Crippen LogP contribution in [0.3, 0.4) is 0 Å². The first-order valence-electron chi connectivity index (χ1n) is 9.22. The van der Waals surface area contributed by atoms with Crippen LogP contribution in [0, 0.1) is 12.7 Å². The van der Waals surface area contributed by atoms with E-state index in [1.807, 2.05) is 6.92 Å². The largest absolute Gasteiger partial charge is 0.507 e. The van der Waals surface area contributed by atoms with Gasteiger partial charge in [0, 0.05) is 5.56 Å². The number of nitrogens with one attached hydrogen (secondary N) is 1. The zero-order valence-electron chi connectivity index (χ0n) is 16.6. The molecule has 0 unspecified atom stereocenters. The maximum atomic E-state index is 13.3. The highest BCUT2D eigenvalue weighted by molar-refractivity contribution is 7.92. The second-order valence-electron chi connectivity index (χ2n) is 6.65. The normalized spacial score (nSPS) is 11.4. The minimum Gasteiger partial charge on any atom is -0.507 e. The van der Waals surface area contributed by atoms with E-state index in [9.17, 15) is 22.7 Å². The van der Waals surface area contributed by atoms with Crippen LogP contribution in [0.15, 0.2) is 82.8 Å². The summed E-state index contributed by atoms with van der Waals surface area (Å²) in [5.41, 5.74) is 3.83. The quantitative estimate of drug-likeness (QED) is 0.435. The van der Waals surface area contributed by atoms with E-state index in [4.69, 9.17) is 0 Å². The molecule has 0 aromatic heterocycles. The lowest BCUT2D eigenvalue weighted by Crippen LogP contribution is -2.39. The van der Waals surface area contributed by atoms with Crippen LogP contribution < -0.4 is 9.73 Å². The molecule has 3 aromatic carbocycles. The van der Waals surface area contributed by atoms with Crippen molar-refractivity contribution in [2.24, 2.45) is 5.10 Å². The molecule has 0 aliphatic carbocycles. The number of hydrazone groups is 1. The van der Waals surface area contributed by atoms with E-state index in [-0.39, 0.29) is 16.3 Å². The van der Waals surface area contributed by atoms with Gasteiger partial charge in [-0.2, -0.15) is 5.10 Å². The van der Waals surface area contributed by atoms with Crippen molar-refractivity contribution in [3.05, 3.63) is 89.7 Å². The molecule has 31 heavy (non-hydrogen) atoms. The smallest absolute Gasteiger partial charge is 0.264 e. The molecule has 3 aromatic rings. The molecule has 0 radical (unpaired) electrons. The predicted molar refractivity (Wildman–Crippen MR) is 116 cm³/mol. The van der Waals surface area contributed by atoms with Crippen LogP contribution in [0.2, 0.25) is 0 Å². The van der Waals surface area contributed by atoms with Crippen molar-refractivity contribution in [1.82, 2.24) is 5.43 Å². The van der Waals surface area contributed by atoms with Crippen LogP contribution >= 0.6 is 0 Å². The number of para-hydroxylation sites is 1. The Labute approximate surface area is 179 Å². The maximum Gasteiger partial charge on any atom is 0.264 e. The number of carbonyl (C=O) groups is 1. The highest BCUT2D eigenvalue weighted by atomic mass is 32.2. The number of phenolic OH excluding ortho intramolecular Hbond substituents is 1. The molecule has 2 N–H and O–H groups in total. The summed E-state index contributed by atoms with van der Waals surface area (Å²) >= 11 is 0. The van der Waals surface area contributed by atoms with Crippen LogP contribution in [-0.2, 0) is 14.8 Å². The van der Waals surface area contributed by atoms with E-state index in [0.29, 0.717) is 5.56 Å². The zero-order valence-corrected chi connectivity index (χ0v) is 17.4. The van der Waals surface area contributed by atoms with Crippen molar-refractivity contribution in [3.8, 4) is 5.75 Å². The van der Waals surface area contributed by atoms with E-state index in [0.717, 1.165) is 34.1 Å². The molecule has 0 bridgehead atoms. The number of nitrogens with zero attached hydrogens (tertiary/aromatic N) is 2. The van der Waals surface area contributed by atoms with Crippen LogP contribution in [0.1, 0.15) is 11.1 Å². The predicted octanol–water partition coefficient (Wildman–Crippen LogP) is 3.19. The summed E-state index contributed by atoms with van der Waals surface area (Å²) in [6, 6.07) is 17.4. The highest BCUT2D eigenvalue weighted by Gasteiger charge is 2.27. The van der Waals surface area contributed by atoms with Gasteiger partial charge in [-0.25, -0.2) is 18.2 Å². The van der Waals surface area contributed by atoms with Gasteiger partial charge in [-0.1, -0.05) is 29.8 Å². The lowest BCUT2D eigenvalue weighted by molar-refractivity contribution is -0.119. The molecule has 0 atom stereocenters. The molecule has 0 saturated carbocycles. The highest BCUT2D eigenvalue weighted by Crippen LogP contribution is 2.24. The fraction of sp³-hybridized carbons (Fsp3) is 0.0909. The first-order valence-corrected chi connectivity index (χ1v) is 10.7. The SMILES string of the molecule is Cc1ccc(N(CC(=O)N/N=C\c2ccccc2O)S(=O)(=O)c2ccc(F)cc2)cc1. The van der Waals surface area contributed by atoms with Gasteiger partial charge in [0.25, 0.3) is 15.9 Å². The Balaban J connectivity index is 1.84. The molecule has 0 fully saturated rings. The number of hydrogen-bond donors (Lipinski definition) is 2. The zero-order chi connectivity index (χ0) is 22.4. The Morgan fingerprint density at radius 3 is 2.35 bits per heavy atom. The van der Waals surface area contributed by atoms with Crippen LogP contribution in [0.5, 0.6) is 5.75 Å². The van der Waals surface area contributed by atoms with Gasteiger partial charge in [0.05, 0.1) is 16.8 Å². The molecule has 1 amide bonds. The topological polar surface area (TPSA) is 99.1 Å². The Bertz CT molecular complexity index is 1190. The third-order valence-corrected chi connectivity index (χ3v) is 6.13. The Kier molecular flexibility index (Phi) is 6.66. The van der Waals surface area contributed by atoms with Gasteiger partial charge in [0.15, 0.2) is 0 Å². The van der Waals surface area contributed by atoms with Crippen LogP contribution in [-0.4, -0.2) is 32.2 Å².